The van der Waals surface area contributed by atoms with Crippen LogP contribution in [0.25, 0.3) is 32.3 Å². The Labute approximate surface area is 184 Å². The SMILES string of the molecule is O=C(N/N=C\c1c2ccccc2cc2ccccc12)C(=O)Nc1cccc2ccccc12. The number of hydrazone groups is 1. The van der Waals surface area contributed by atoms with Crippen LogP contribution in [0.5, 0.6) is 0 Å². The monoisotopic (exact) mass is 417 g/mol. The van der Waals surface area contributed by atoms with E-state index in [2.05, 4.69) is 21.9 Å². The first-order chi connectivity index (χ1) is 15.7. The van der Waals surface area contributed by atoms with Gasteiger partial charge < -0.3 is 5.32 Å². The largest absolute Gasteiger partial charge is 0.329 e. The van der Waals surface area contributed by atoms with Crippen molar-refractivity contribution in [3.63, 3.8) is 0 Å². The maximum absolute atomic E-state index is 12.4. The average Bonchev–Trinajstić information content (AvgIpc) is 2.83. The van der Waals surface area contributed by atoms with E-state index < -0.39 is 11.8 Å². The first-order valence-corrected chi connectivity index (χ1v) is 10.2. The summed E-state index contributed by atoms with van der Waals surface area (Å²) in [5, 5.41) is 12.8. The molecule has 0 heterocycles. The van der Waals surface area contributed by atoms with E-state index in [4.69, 9.17) is 0 Å². The van der Waals surface area contributed by atoms with Gasteiger partial charge in [0.2, 0.25) is 0 Å². The van der Waals surface area contributed by atoms with Crippen LogP contribution < -0.4 is 10.7 Å². The van der Waals surface area contributed by atoms with Gasteiger partial charge in [0, 0.05) is 16.6 Å². The first-order valence-electron chi connectivity index (χ1n) is 10.2. The second kappa shape index (κ2) is 8.32. The van der Waals surface area contributed by atoms with Gasteiger partial charge in [0.25, 0.3) is 0 Å². The smallest absolute Gasteiger partial charge is 0.317 e. The molecule has 0 fully saturated rings. The van der Waals surface area contributed by atoms with E-state index >= 15 is 0 Å². The summed E-state index contributed by atoms with van der Waals surface area (Å²) in [7, 11) is 0. The van der Waals surface area contributed by atoms with E-state index in [1.807, 2.05) is 84.9 Å². The zero-order chi connectivity index (χ0) is 21.9. The molecule has 0 unspecified atom stereocenters. The molecule has 5 aromatic carbocycles. The van der Waals surface area contributed by atoms with Gasteiger partial charge in [-0.05, 0) is 39.1 Å². The molecule has 0 bridgehead atoms. The summed E-state index contributed by atoms with van der Waals surface area (Å²) in [6.45, 7) is 0. The number of hydrogen-bond donors (Lipinski definition) is 2. The maximum Gasteiger partial charge on any atom is 0.329 e. The predicted octanol–water partition coefficient (Wildman–Crippen LogP) is 5.24. The molecule has 32 heavy (non-hydrogen) atoms. The van der Waals surface area contributed by atoms with E-state index in [9.17, 15) is 9.59 Å². The fraction of sp³-hybridized carbons (Fsp3) is 0. The van der Waals surface area contributed by atoms with Crippen molar-refractivity contribution in [1.29, 1.82) is 0 Å². The number of carbonyl (C=O) groups excluding carboxylic acids is 2. The number of hydrogen-bond acceptors (Lipinski definition) is 3. The quantitative estimate of drug-likeness (QED) is 0.183. The lowest BCUT2D eigenvalue weighted by Crippen LogP contribution is -2.32. The van der Waals surface area contributed by atoms with Gasteiger partial charge >= 0.3 is 11.8 Å². The van der Waals surface area contributed by atoms with Crippen LogP contribution in [0.2, 0.25) is 0 Å². The van der Waals surface area contributed by atoms with Crippen molar-refractivity contribution in [2.45, 2.75) is 0 Å². The van der Waals surface area contributed by atoms with E-state index in [0.717, 1.165) is 37.9 Å². The molecule has 0 aliphatic rings. The van der Waals surface area contributed by atoms with Crippen molar-refractivity contribution < 1.29 is 9.59 Å². The van der Waals surface area contributed by atoms with Crippen molar-refractivity contribution >= 4 is 56.0 Å². The lowest BCUT2D eigenvalue weighted by atomic mass is 9.97. The van der Waals surface area contributed by atoms with Crippen LogP contribution in [-0.4, -0.2) is 18.0 Å². The minimum absolute atomic E-state index is 0.576. The number of nitrogens with one attached hydrogen (secondary N) is 2. The Kier molecular flexibility index (Phi) is 5.06. The third-order valence-corrected chi connectivity index (χ3v) is 5.42. The van der Waals surface area contributed by atoms with Crippen LogP contribution in [0.3, 0.4) is 0 Å². The summed E-state index contributed by atoms with van der Waals surface area (Å²) in [6.07, 6.45) is 1.59. The van der Waals surface area contributed by atoms with Gasteiger partial charge in [-0.25, -0.2) is 5.43 Å². The second-order valence-electron chi connectivity index (χ2n) is 7.41. The average molecular weight is 417 g/mol. The number of fused-ring (bicyclic) bond motifs is 3. The number of rotatable bonds is 3. The lowest BCUT2D eigenvalue weighted by Gasteiger charge is -2.09. The molecule has 0 aliphatic heterocycles. The normalized spacial score (nSPS) is 11.2. The minimum Gasteiger partial charge on any atom is -0.317 e. The van der Waals surface area contributed by atoms with E-state index in [-0.39, 0.29) is 0 Å². The molecule has 5 nitrogen and oxygen atoms in total. The lowest BCUT2D eigenvalue weighted by molar-refractivity contribution is -0.136. The summed E-state index contributed by atoms with van der Waals surface area (Å²) < 4.78 is 0. The minimum atomic E-state index is -0.835. The topological polar surface area (TPSA) is 70.6 Å². The Morgan fingerprint density at radius 3 is 1.88 bits per heavy atom. The van der Waals surface area contributed by atoms with Crippen molar-refractivity contribution in [1.82, 2.24) is 5.43 Å². The number of amides is 2. The molecular formula is C27H19N3O2. The number of anilines is 1. The summed E-state index contributed by atoms with van der Waals surface area (Å²) in [6, 6.07) is 31.3. The third kappa shape index (κ3) is 3.68. The van der Waals surface area contributed by atoms with Gasteiger partial charge in [-0.2, -0.15) is 5.10 Å². The highest BCUT2D eigenvalue weighted by Crippen LogP contribution is 2.27. The molecule has 0 saturated carbocycles. The molecule has 0 aliphatic carbocycles. The Hall–Kier alpha value is -4.51. The molecule has 0 saturated heterocycles. The summed E-state index contributed by atoms with van der Waals surface area (Å²) in [4.78, 5) is 24.8. The fourth-order valence-corrected chi connectivity index (χ4v) is 3.91. The number of benzene rings is 5. The van der Waals surface area contributed by atoms with Crippen LogP contribution in [0.1, 0.15) is 5.56 Å². The molecule has 5 rings (SSSR count). The molecule has 5 heteroatoms. The molecule has 5 aromatic rings. The Morgan fingerprint density at radius 1 is 0.625 bits per heavy atom. The maximum atomic E-state index is 12.4. The van der Waals surface area contributed by atoms with Crippen molar-refractivity contribution in [3.05, 3.63) is 103 Å². The first kappa shape index (κ1) is 19.5. The summed E-state index contributed by atoms with van der Waals surface area (Å²) in [5.74, 6) is -1.61. The van der Waals surface area contributed by atoms with Crippen LogP contribution in [-0.2, 0) is 9.59 Å². The molecule has 0 aromatic heterocycles. The van der Waals surface area contributed by atoms with Crippen molar-refractivity contribution in [2.75, 3.05) is 5.32 Å². The van der Waals surface area contributed by atoms with Gasteiger partial charge in [-0.15, -0.1) is 0 Å². The summed E-state index contributed by atoms with van der Waals surface area (Å²) in [5.41, 5.74) is 3.81. The highest BCUT2D eigenvalue weighted by Gasteiger charge is 2.14. The number of nitrogens with zero attached hydrogens (tertiary/aromatic N) is 1. The van der Waals surface area contributed by atoms with Gasteiger partial charge in [-0.1, -0.05) is 84.9 Å². The molecule has 0 radical (unpaired) electrons. The molecule has 0 spiro atoms. The fourth-order valence-electron chi connectivity index (χ4n) is 3.91. The van der Waals surface area contributed by atoms with Crippen molar-refractivity contribution in [3.8, 4) is 0 Å². The zero-order valence-corrected chi connectivity index (χ0v) is 17.1. The van der Waals surface area contributed by atoms with Crippen LogP contribution in [0.15, 0.2) is 102 Å². The van der Waals surface area contributed by atoms with Crippen molar-refractivity contribution in [2.24, 2.45) is 5.10 Å². The molecule has 2 N–H and O–H groups in total. The van der Waals surface area contributed by atoms with E-state index in [1.165, 1.54) is 0 Å². The van der Waals surface area contributed by atoms with Gasteiger partial charge in [-0.3, -0.25) is 9.59 Å². The van der Waals surface area contributed by atoms with Gasteiger partial charge in [0.05, 0.1) is 6.21 Å². The molecule has 0 atom stereocenters. The summed E-state index contributed by atoms with van der Waals surface area (Å²) >= 11 is 0. The zero-order valence-electron chi connectivity index (χ0n) is 17.1. The number of carbonyl (C=O) groups is 2. The highest BCUT2D eigenvalue weighted by atomic mass is 16.2. The Balaban J connectivity index is 1.38. The van der Waals surface area contributed by atoms with E-state index in [1.54, 1.807) is 12.3 Å². The van der Waals surface area contributed by atoms with Crippen LogP contribution in [0, 0.1) is 0 Å². The second-order valence-corrected chi connectivity index (χ2v) is 7.41. The van der Waals surface area contributed by atoms with E-state index in [0.29, 0.717) is 5.69 Å². The van der Waals surface area contributed by atoms with Crippen LogP contribution in [0.4, 0.5) is 5.69 Å². The van der Waals surface area contributed by atoms with Gasteiger partial charge in [0.1, 0.15) is 0 Å². The predicted molar refractivity (Wildman–Crippen MR) is 130 cm³/mol. The Morgan fingerprint density at radius 2 is 1.19 bits per heavy atom. The third-order valence-electron chi connectivity index (χ3n) is 5.42. The standard InChI is InChI=1S/C27H19N3O2/c31-26(29-25-15-7-11-18-8-1-6-14-23(18)25)27(32)30-28-17-24-21-12-4-2-9-19(21)16-20-10-3-5-13-22(20)24/h1-17H,(H,29,31)(H,30,32)/b28-17-. The van der Waals surface area contributed by atoms with Gasteiger partial charge in [0.15, 0.2) is 0 Å². The van der Waals surface area contributed by atoms with Crippen LogP contribution >= 0.6 is 0 Å². The molecule has 2 amide bonds. The Bertz CT molecular complexity index is 1460. The highest BCUT2D eigenvalue weighted by molar-refractivity contribution is 6.40. The molecule has 154 valence electrons. The molecular weight excluding hydrogens is 398 g/mol.